The molecule has 0 aliphatic carbocycles. The van der Waals surface area contributed by atoms with Crippen molar-refractivity contribution < 1.29 is 0 Å². The molecule has 0 spiro atoms. The van der Waals surface area contributed by atoms with Crippen molar-refractivity contribution in [1.29, 1.82) is 5.26 Å². The lowest BCUT2D eigenvalue weighted by Gasteiger charge is -2.28. The van der Waals surface area contributed by atoms with E-state index >= 15 is 0 Å². The molecule has 0 N–H and O–H groups in total. The highest BCUT2D eigenvalue weighted by Gasteiger charge is 2.15. The van der Waals surface area contributed by atoms with Crippen molar-refractivity contribution in [3.8, 4) is 6.07 Å². The molecule has 6 heteroatoms. The summed E-state index contributed by atoms with van der Waals surface area (Å²) in [5.41, 5.74) is 0.715. The van der Waals surface area contributed by atoms with Gasteiger partial charge in [-0.25, -0.2) is 0 Å². The first-order valence-corrected chi connectivity index (χ1v) is 5.64. The number of anilines is 1. The monoisotopic (exact) mass is 258 g/mol. The molecule has 4 nitrogen and oxygen atoms in total. The van der Waals surface area contributed by atoms with Crippen molar-refractivity contribution in [2.45, 2.75) is 26.3 Å². The van der Waals surface area contributed by atoms with Crippen LogP contribution in [0.5, 0.6) is 0 Å². The molecule has 16 heavy (non-hydrogen) atoms. The van der Waals surface area contributed by atoms with Crippen molar-refractivity contribution in [2.75, 3.05) is 11.4 Å². The standard InChI is InChI=1S/C10H12Cl2N4/c1-7(2)16(5-3-4-13)8-6-9(11)14-15-10(8)12/h6-7H,3,5H2,1-2H3. The van der Waals surface area contributed by atoms with Crippen molar-refractivity contribution in [2.24, 2.45) is 0 Å². The summed E-state index contributed by atoms with van der Waals surface area (Å²) in [5, 5.41) is 16.6. The van der Waals surface area contributed by atoms with Crippen LogP contribution in [-0.2, 0) is 0 Å². The molecule has 1 aromatic heterocycles. The average Bonchev–Trinajstić information content (AvgIpc) is 2.23. The van der Waals surface area contributed by atoms with Gasteiger partial charge < -0.3 is 4.90 Å². The minimum Gasteiger partial charge on any atom is -0.365 e. The Morgan fingerprint density at radius 1 is 1.44 bits per heavy atom. The zero-order chi connectivity index (χ0) is 12.1. The fraction of sp³-hybridized carbons (Fsp3) is 0.500. The van der Waals surface area contributed by atoms with Gasteiger partial charge in [-0.2, -0.15) is 5.26 Å². The lowest BCUT2D eigenvalue weighted by Crippen LogP contribution is -2.32. The van der Waals surface area contributed by atoms with Gasteiger partial charge in [-0.3, -0.25) is 0 Å². The molecule has 0 bridgehead atoms. The predicted octanol–water partition coefficient (Wildman–Crippen LogP) is 2.91. The van der Waals surface area contributed by atoms with E-state index in [1.165, 1.54) is 0 Å². The van der Waals surface area contributed by atoms with Crippen molar-refractivity contribution >= 4 is 28.9 Å². The number of nitrogens with zero attached hydrogens (tertiary/aromatic N) is 4. The minimum absolute atomic E-state index is 0.214. The van der Waals surface area contributed by atoms with Crippen LogP contribution in [0, 0.1) is 11.3 Å². The van der Waals surface area contributed by atoms with E-state index in [9.17, 15) is 0 Å². The quantitative estimate of drug-likeness (QED) is 0.834. The highest BCUT2D eigenvalue weighted by atomic mass is 35.5. The summed E-state index contributed by atoms with van der Waals surface area (Å²) in [5.74, 6) is 0. The highest BCUT2D eigenvalue weighted by Crippen LogP contribution is 2.26. The summed E-state index contributed by atoms with van der Waals surface area (Å²) in [7, 11) is 0. The second-order valence-corrected chi connectivity index (χ2v) is 4.28. The van der Waals surface area contributed by atoms with Gasteiger partial charge in [0.1, 0.15) is 0 Å². The van der Waals surface area contributed by atoms with Crippen molar-refractivity contribution in [3.63, 3.8) is 0 Å². The third-order valence-corrected chi connectivity index (χ3v) is 2.55. The summed E-state index contributed by atoms with van der Waals surface area (Å²) in [6, 6.07) is 3.98. The second-order valence-electron chi connectivity index (χ2n) is 3.54. The smallest absolute Gasteiger partial charge is 0.175 e. The fourth-order valence-electron chi connectivity index (χ4n) is 1.37. The molecule has 0 saturated heterocycles. The van der Waals surface area contributed by atoms with Crippen LogP contribution >= 0.6 is 23.2 Å². The molecule has 0 saturated carbocycles. The molecular formula is C10H12Cl2N4. The van der Waals surface area contributed by atoms with Gasteiger partial charge in [0.25, 0.3) is 0 Å². The van der Waals surface area contributed by atoms with Crippen molar-refractivity contribution in [1.82, 2.24) is 10.2 Å². The number of halogens is 2. The van der Waals surface area contributed by atoms with Gasteiger partial charge >= 0.3 is 0 Å². The molecule has 0 radical (unpaired) electrons. The largest absolute Gasteiger partial charge is 0.365 e. The topological polar surface area (TPSA) is 52.8 Å². The maximum absolute atomic E-state index is 8.60. The zero-order valence-electron chi connectivity index (χ0n) is 9.11. The molecule has 0 aliphatic heterocycles. The third-order valence-electron chi connectivity index (χ3n) is 2.10. The van der Waals surface area contributed by atoms with E-state index in [2.05, 4.69) is 16.3 Å². The Balaban J connectivity index is 3.01. The third kappa shape index (κ3) is 3.22. The first-order valence-electron chi connectivity index (χ1n) is 4.88. The maximum atomic E-state index is 8.60. The van der Waals surface area contributed by atoms with Crippen LogP contribution in [0.25, 0.3) is 0 Å². The fourth-order valence-corrected chi connectivity index (χ4v) is 1.71. The number of nitriles is 1. The molecular weight excluding hydrogens is 247 g/mol. The Morgan fingerprint density at radius 3 is 2.69 bits per heavy atom. The molecule has 0 fully saturated rings. The van der Waals surface area contributed by atoms with Crippen LogP contribution in [-0.4, -0.2) is 22.8 Å². The van der Waals surface area contributed by atoms with E-state index in [1.54, 1.807) is 6.07 Å². The van der Waals surface area contributed by atoms with Crippen LogP contribution in [0.15, 0.2) is 6.07 Å². The normalized spacial score (nSPS) is 10.2. The van der Waals surface area contributed by atoms with Gasteiger partial charge in [-0.1, -0.05) is 23.2 Å². The van der Waals surface area contributed by atoms with Gasteiger partial charge in [0, 0.05) is 18.7 Å². The lowest BCUT2D eigenvalue weighted by atomic mass is 10.2. The molecule has 86 valence electrons. The summed E-state index contributed by atoms with van der Waals surface area (Å²) in [4.78, 5) is 1.98. The Morgan fingerprint density at radius 2 is 2.12 bits per heavy atom. The Hall–Kier alpha value is -1.05. The van der Waals surface area contributed by atoms with Crippen molar-refractivity contribution in [3.05, 3.63) is 16.4 Å². The Bertz CT molecular complexity index is 400. The number of hydrogen-bond donors (Lipinski definition) is 0. The predicted molar refractivity (Wildman–Crippen MR) is 64.8 cm³/mol. The Labute approximate surface area is 105 Å². The summed E-state index contributed by atoms with van der Waals surface area (Å²) >= 11 is 11.7. The van der Waals surface area contributed by atoms with Gasteiger partial charge in [0.2, 0.25) is 0 Å². The molecule has 0 unspecified atom stereocenters. The number of hydrogen-bond acceptors (Lipinski definition) is 4. The van der Waals surface area contributed by atoms with E-state index in [-0.39, 0.29) is 6.04 Å². The first-order chi connectivity index (χ1) is 7.56. The Kier molecular flexibility index (Phi) is 4.78. The van der Waals surface area contributed by atoms with Gasteiger partial charge in [-0.05, 0) is 13.8 Å². The van der Waals surface area contributed by atoms with E-state index in [0.717, 1.165) is 0 Å². The summed E-state index contributed by atoms with van der Waals surface area (Å²) in [6.45, 7) is 4.62. The van der Waals surface area contributed by atoms with Gasteiger partial charge in [-0.15, -0.1) is 10.2 Å². The molecule has 1 heterocycles. The van der Waals surface area contributed by atoms with E-state index in [1.807, 2.05) is 18.7 Å². The van der Waals surface area contributed by atoms with Crippen LogP contribution in [0.1, 0.15) is 20.3 Å². The first kappa shape index (κ1) is 13.0. The zero-order valence-corrected chi connectivity index (χ0v) is 10.6. The number of rotatable bonds is 4. The van der Waals surface area contributed by atoms with Gasteiger partial charge in [0.05, 0.1) is 18.2 Å². The van der Waals surface area contributed by atoms with E-state index in [4.69, 9.17) is 28.5 Å². The molecule has 1 aromatic rings. The van der Waals surface area contributed by atoms with Crippen LogP contribution in [0.2, 0.25) is 10.3 Å². The minimum atomic E-state index is 0.214. The van der Waals surface area contributed by atoms with E-state index < -0.39 is 0 Å². The maximum Gasteiger partial charge on any atom is 0.175 e. The average molecular weight is 259 g/mol. The molecule has 1 rings (SSSR count). The summed E-state index contributed by atoms with van der Waals surface area (Å²) < 4.78 is 0. The van der Waals surface area contributed by atoms with Gasteiger partial charge in [0.15, 0.2) is 10.3 Å². The summed E-state index contributed by atoms with van der Waals surface area (Å²) in [6.07, 6.45) is 0.425. The molecule has 0 atom stereocenters. The van der Waals surface area contributed by atoms with Crippen LogP contribution in [0.4, 0.5) is 5.69 Å². The van der Waals surface area contributed by atoms with E-state index in [0.29, 0.717) is 29.0 Å². The second kappa shape index (κ2) is 5.88. The van der Waals surface area contributed by atoms with Crippen LogP contribution in [0.3, 0.4) is 0 Å². The molecule has 0 amide bonds. The SMILES string of the molecule is CC(C)N(CCC#N)c1cc(Cl)nnc1Cl. The highest BCUT2D eigenvalue weighted by molar-refractivity contribution is 6.33. The molecule has 0 aliphatic rings. The lowest BCUT2D eigenvalue weighted by molar-refractivity contribution is 0.683. The number of aromatic nitrogens is 2. The molecule has 0 aromatic carbocycles. The van der Waals surface area contributed by atoms with Crippen LogP contribution < -0.4 is 4.90 Å².